The predicted octanol–water partition coefficient (Wildman–Crippen LogP) is 6.64. The van der Waals surface area contributed by atoms with Crippen LogP contribution >= 0.6 is 0 Å². The summed E-state index contributed by atoms with van der Waals surface area (Å²) < 4.78 is 10.7. The first kappa shape index (κ1) is 31.4. The van der Waals surface area contributed by atoms with E-state index in [4.69, 9.17) is 9.47 Å². The number of esters is 2. The van der Waals surface area contributed by atoms with Crippen LogP contribution in [0, 0.1) is 0 Å². The van der Waals surface area contributed by atoms with Crippen molar-refractivity contribution in [1.82, 2.24) is 5.32 Å². The van der Waals surface area contributed by atoms with Crippen LogP contribution in [0.5, 0.6) is 0 Å². The molecule has 0 aromatic carbocycles. The molecule has 0 rings (SSSR count). The topological polar surface area (TPSA) is 81.7 Å². The first-order valence-electron chi connectivity index (χ1n) is 13.5. The molecule has 0 spiro atoms. The summed E-state index contributed by atoms with van der Waals surface area (Å²) in [6.45, 7) is 9.77. The van der Waals surface area contributed by atoms with Gasteiger partial charge in [0.05, 0.1) is 12.2 Å². The number of carbonyl (C=O) groups is 3. The van der Waals surface area contributed by atoms with Crippen molar-refractivity contribution in [3.05, 3.63) is 0 Å². The van der Waals surface area contributed by atoms with Gasteiger partial charge in [0.15, 0.2) is 0 Å². The van der Waals surface area contributed by atoms with Gasteiger partial charge in [-0.05, 0) is 39.5 Å². The van der Waals surface area contributed by atoms with Crippen LogP contribution in [-0.4, -0.2) is 36.1 Å². The molecule has 0 saturated heterocycles. The normalized spacial score (nSPS) is 13.7. The van der Waals surface area contributed by atoms with Gasteiger partial charge in [0.2, 0.25) is 5.91 Å². The van der Waals surface area contributed by atoms with Gasteiger partial charge in [-0.15, -0.1) is 0 Å². The Morgan fingerprint density at radius 1 is 0.667 bits per heavy atom. The Balaban J connectivity index is 4.24. The molecule has 0 aromatic rings. The van der Waals surface area contributed by atoms with Crippen LogP contribution in [0.15, 0.2) is 0 Å². The van der Waals surface area contributed by atoms with E-state index in [1.54, 1.807) is 0 Å². The predicted molar refractivity (Wildman–Crippen MR) is 134 cm³/mol. The van der Waals surface area contributed by atoms with E-state index in [-0.39, 0.29) is 36.9 Å². The second kappa shape index (κ2) is 21.0. The zero-order chi connectivity index (χ0) is 24.9. The van der Waals surface area contributed by atoms with Crippen LogP contribution in [0.2, 0.25) is 0 Å². The van der Waals surface area contributed by atoms with E-state index < -0.39 is 12.0 Å². The SMILES string of the molecule is CCCCCCCCCCCCCC(=O)NC(CCC(=O)OC(C)CC)C(=O)OC(C)CC. The van der Waals surface area contributed by atoms with Crippen LogP contribution in [0.25, 0.3) is 0 Å². The highest BCUT2D eigenvalue weighted by Crippen LogP contribution is 2.13. The number of unbranched alkanes of at least 4 members (excludes halogenated alkanes) is 10. The second-order valence-corrected chi connectivity index (χ2v) is 9.31. The molecule has 0 fully saturated rings. The molecule has 1 amide bonds. The van der Waals surface area contributed by atoms with Gasteiger partial charge in [-0.1, -0.05) is 85.0 Å². The lowest BCUT2D eigenvalue weighted by atomic mass is 10.0. The smallest absolute Gasteiger partial charge is 0.328 e. The fourth-order valence-corrected chi connectivity index (χ4v) is 3.46. The van der Waals surface area contributed by atoms with Crippen molar-refractivity contribution in [1.29, 1.82) is 0 Å². The number of nitrogens with one attached hydrogen (secondary N) is 1. The first-order valence-corrected chi connectivity index (χ1v) is 13.5. The number of rotatable bonds is 21. The van der Waals surface area contributed by atoms with Crippen molar-refractivity contribution in [3.8, 4) is 0 Å². The van der Waals surface area contributed by atoms with E-state index in [1.807, 2.05) is 27.7 Å². The van der Waals surface area contributed by atoms with Crippen LogP contribution in [0.1, 0.15) is 137 Å². The van der Waals surface area contributed by atoms with Gasteiger partial charge in [-0.3, -0.25) is 9.59 Å². The third kappa shape index (κ3) is 18.5. The van der Waals surface area contributed by atoms with Crippen LogP contribution in [0.4, 0.5) is 0 Å². The maximum atomic E-state index is 12.5. The lowest BCUT2D eigenvalue weighted by Gasteiger charge is -2.20. The molecule has 0 bridgehead atoms. The molecule has 0 saturated carbocycles. The van der Waals surface area contributed by atoms with Gasteiger partial charge in [0.1, 0.15) is 6.04 Å². The van der Waals surface area contributed by atoms with Gasteiger partial charge < -0.3 is 14.8 Å². The molecule has 3 atom stereocenters. The number of hydrogen-bond acceptors (Lipinski definition) is 5. The summed E-state index contributed by atoms with van der Waals surface area (Å²) >= 11 is 0. The Morgan fingerprint density at radius 3 is 1.67 bits per heavy atom. The van der Waals surface area contributed by atoms with E-state index in [0.717, 1.165) is 25.7 Å². The van der Waals surface area contributed by atoms with Crippen LogP contribution in [-0.2, 0) is 23.9 Å². The van der Waals surface area contributed by atoms with Gasteiger partial charge >= 0.3 is 11.9 Å². The lowest BCUT2D eigenvalue weighted by molar-refractivity contribution is -0.153. The molecule has 0 radical (unpaired) electrons. The summed E-state index contributed by atoms with van der Waals surface area (Å²) in [6, 6.07) is -0.816. The molecule has 6 heteroatoms. The highest BCUT2D eigenvalue weighted by molar-refractivity contribution is 5.85. The van der Waals surface area contributed by atoms with Crippen molar-refractivity contribution in [2.75, 3.05) is 0 Å². The highest BCUT2D eigenvalue weighted by Gasteiger charge is 2.25. The van der Waals surface area contributed by atoms with Crippen LogP contribution < -0.4 is 5.32 Å². The molecule has 0 aliphatic rings. The molecule has 6 nitrogen and oxygen atoms in total. The van der Waals surface area contributed by atoms with E-state index in [9.17, 15) is 14.4 Å². The third-order valence-corrected chi connectivity index (χ3v) is 6.06. The second-order valence-electron chi connectivity index (χ2n) is 9.31. The third-order valence-electron chi connectivity index (χ3n) is 6.06. The fraction of sp³-hybridized carbons (Fsp3) is 0.889. The molecular formula is C27H51NO5. The van der Waals surface area contributed by atoms with Crippen molar-refractivity contribution in [2.45, 2.75) is 156 Å². The van der Waals surface area contributed by atoms with Gasteiger partial charge in [-0.2, -0.15) is 0 Å². The maximum Gasteiger partial charge on any atom is 0.328 e. The first-order chi connectivity index (χ1) is 15.8. The Morgan fingerprint density at radius 2 is 1.15 bits per heavy atom. The van der Waals surface area contributed by atoms with Crippen LogP contribution in [0.3, 0.4) is 0 Å². The minimum absolute atomic E-state index is 0.0728. The van der Waals surface area contributed by atoms with Crippen molar-refractivity contribution < 1.29 is 23.9 Å². The molecule has 0 aliphatic heterocycles. The van der Waals surface area contributed by atoms with E-state index in [1.165, 1.54) is 51.4 Å². The number of ether oxygens (including phenoxy) is 2. The Hall–Kier alpha value is -1.59. The zero-order valence-electron chi connectivity index (χ0n) is 22.1. The summed E-state index contributed by atoms with van der Waals surface area (Å²) in [6.07, 6.45) is 15.2. The summed E-state index contributed by atoms with van der Waals surface area (Å²) in [5.41, 5.74) is 0. The van der Waals surface area contributed by atoms with Gasteiger partial charge in [0, 0.05) is 12.8 Å². The molecule has 33 heavy (non-hydrogen) atoms. The lowest BCUT2D eigenvalue weighted by Crippen LogP contribution is -2.43. The molecule has 3 unspecified atom stereocenters. The number of hydrogen-bond donors (Lipinski definition) is 1. The average Bonchev–Trinajstić information content (AvgIpc) is 2.79. The Bertz CT molecular complexity index is 523. The quantitative estimate of drug-likeness (QED) is 0.151. The van der Waals surface area contributed by atoms with E-state index in [2.05, 4.69) is 12.2 Å². The standard InChI is InChI=1S/C27H51NO5/c1-6-9-10-11-12-13-14-15-16-17-18-19-25(29)28-24(27(31)33-23(5)8-3)20-21-26(30)32-22(4)7-2/h22-24H,6-21H2,1-5H3,(H,28,29). The largest absolute Gasteiger partial charge is 0.463 e. The molecule has 0 aromatic heterocycles. The maximum absolute atomic E-state index is 12.5. The van der Waals surface area contributed by atoms with E-state index in [0.29, 0.717) is 12.8 Å². The molecule has 0 aliphatic carbocycles. The number of carbonyl (C=O) groups excluding carboxylic acids is 3. The van der Waals surface area contributed by atoms with Gasteiger partial charge in [-0.25, -0.2) is 4.79 Å². The molecule has 1 N–H and O–H groups in total. The summed E-state index contributed by atoms with van der Waals surface area (Å²) in [5.74, 6) is -0.995. The van der Waals surface area contributed by atoms with Crippen molar-refractivity contribution in [2.24, 2.45) is 0 Å². The van der Waals surface area contributed by atoms with Crippen molar-refractivity contribution >= 4 is 17.8 Å². The zero-order valence-corrected chi connectivity index (χ0v) is 22.1. The van der Waals surface area contributed by atoms with E-state index >= 15 is 0 Å². The minimum atomic E-state index is -0.816. The summed E-state index contributed by atoms with van der Waals surface area (Å²) in [5, 5.41) is 2.78. The number of amides is 1. The fourth-order valence-electron chi connectivity index (χ4n) is 3.46. The monoisotopic (exact) mass is 469 g/mol. The minimum Gasteiger partial charge on any atom is -0.463 e. The van der Waals surface area contributed by atoms with Crippen molar-refractivity contribution in [3.63, 3.8) is 0 Å². The Kier molecular flexibility index (Phi) is 20.0. The Labute approximate surface area is 202 Å². The molecular weight excluding hydrogens is 418 g/mol. The highest BCUT2D eigenvalue weighted by atomic mass is 16.5. The van der Waals surface area contributed by atoms with Gasteiger partial charge in [0.25, 0.3) is 0 Å². The summed E-state index contributed by atoms with van der Waals surface area (Å²) in [4.78, 5) is 36.9. The average molecular weight is 470 g/mol. The summed E-state index contributed by atoms with van der Waals surface area (Å²) in [7, 11) is 0. The molecule has 194 valence electrons. The molecule has 0 heterocycles.